The van der Waals surface area contributed by atoms with E-state index in [1.54, 1.807) is 0 Å². The van der Waals surface area contributed by atoms with Gasteiger partial charge in [0.25, 0.3) is 11.8 Å². The highest BCUT2D eigenvalue weighted by Crippen LogP contribution is 2.31. The number of rotatable bonds is 2. The van der Waals surface area contributed by atoms with E-state index in [9.17, 15) is 23.2 Å². The lowest BCUT2D eigenvalue weighted by Crippen LogP contribution is -2.30. The lowest BCUT2D eigenvalue weighted by atomic mass is 10.1. The Morgan fingerprint density at radius 2 is 1.50 bits per heavy atom. The van der Waals surface area contributed by atoms with Crippen molar-refractivity contribution in [3.05, 3.63) is 64.7 Å². The number of carbonyl (C=O) groups is 3. The van der Waals surface area contributed by atoms with Crippen LogP contribution >= 0.6 is 0 Å². The van der Waals surface area contributed by atoms with Crippen molar-refractivity contribution in [3.8, 4) is 0 Å². The van der Waals surface area contributed by atoms with Crippen molar-refractivity contribution >= 4 is 23.5 Å². The Hall–Kier alpha value is -3.09. The maximum atomic E-state index is 13.9. The quantitative estimate of drug-likeness (QED) is 0.865. The van der Waals surface area contributed by atoms with Crippen LogP contribution in [0.1, 0.15) is 31.1 Å². The number of carbonyl (C=O) groups excluding carboxylic acids is 2. The summed E-state index contributed by atoms with van der Waals surface area (Å²) in [6, 6.07) is 6.84. The predicted molar refractivity (Wildman–Crippen MR) is 70.9 cm³/mol. The Bertz CT molecular complexity index is 812. The largest absolute Gasteiger partial charge is 0.478 e. The summed E-state index contributed by atoms with van der Waals surface area (Å²) in [6.45, 7) is 0. The molecule has 2 aromatic carbocycles. The summed E-state index contributed by atoms with van der Waals surface area (Å²) in [5.74, 6) is -5.69. The molecule has 110 valence electrons. The summed E-state index contributed by atoms with van der Waals surface area (Å²) >= 11 is 0. The van der Waals surface area contributed by atoms with Crippen molar-refractivity contribution in [1.29, 1.82) is 0 Å². The van der Waals surface area contributed by atoms with Gasteiger partial charge in [0.15, 0.2) is 0 Å². The number of carboxylic acid groups (broad SMARTS) is 1. The van der Waals surface area contributed by atoms with Crippen molar-refractivity contribution in [2.24, 2.45) is 0 Å². The van der Waals surface area contributed by atoms with Crippen molar-refractivity contribution in [2.75, 3.05) is 4.90 Å². The van der Waals surface area contributed by atoms with Crippen molar-refractivity contribution < 1.29 is 28.3 Å². The van der Waals surface area contributed by atoms with E-state index in [-0.39, 0.29) is 11.1 Å². The molecule has 0 bridgehead atoms. The van der Waals surface area contributed by atoms with Gasteiger partial charge in [0.05, 0.1) is 22.4 Å². The average Bonchev–Trinajstić information content (AvgIpc) is 2.72. The highest BCUT2D eigenvalue weighted by Gasteiger charge is 2.38. The molecule has 1 aliphatic rings. The molecule has 7 heteroatoms. The molecule has 2 aromatic rings. The van der Waals surface area contributed by atoms with E-state index in [2.05, 4.69) is 0 Å². The second-order valence-electron chi connectivity index (χ2n) is 4.58. The monoisotopic (exact) mass is 303 g/mol. The average molecular weight is 303 g/mol. The SMILES string of the molecule is O=C(O)c1cc(N2C(=O)c3ccccc3C2=O)c(F)cc1F. The third-order valence-corrected chi connectivity index (χ3v) is 3.30. The van der Waals surface area contributed by atoms with E-state index in [1.165, 1.54) is 24.3 Å². The number of benzene rings is 2. The van der Waals surface area contributed by atoms with Crippen LogP contribution in [0.4, 0.5) is 14.5 Å². The molecule has 0 unspecified atom stereocenters. The normalized spacial score (nSPS) is 13.5. The number of amides is 2. The highest BCUT2D eigenvalue weighted by atomic mass is 19.1. The number of hydrogen-bond donors (Lipinski definition) is 1. The van der Waals surface area contributed by atoms with Crippen molar-refractivity contribution in [1.82, 2.24) is 0 Å². The Balaban J connectivity index is 2.18. The van der Waals surface area contributed by atoms with Gasteiger partial charge in [0, 0.05) is 6.07 Å². The van der Waals surface area contributed by atoms with Crippen molar-refractivity contribution in [3.63, 3.8) is 0 Å². The van der Waals surface area contributed by atoms with E-state index >= 15 is 0 Å². The van der Waals surface area contributed by atoms with Crippen LogP contribution in [0.15, 0.2) is 36.4 Å². The molecular formula is C15H7F2NO4. The Labute approximate surface area is 122 Å². The molecule has 0 saturated heterocycles. The number of imide groups is 1. The Morgan fingerprint density at radius 3 is 2.00 bits per heavy atom. The number of nitrogens with zero attached hydrogens (tertiary/aromatic N) is 1. The van der Waals surface area contributed by atoms with Gasteiger partial charge in [-0.1, -0.05) is 12.1 Å². The number of aromatic carboxylic acids is 1. The van der Waals surface area contributed by atoms with Crippen LogP contribution in [-0.4, -0.2) is 22.9 Å². The summed E-state index contributed by atoms with van der Waals surface area (Å²) in [6.07, 6.45) is 0. The fraction of sp³-hybridized carbons (Fsp3) is 0. The first kappa shape index (κ1) is 13.9. The lowest BCUT2D eigenvalue weighted by molar-refractivity contribution is 0.0690. The number of fused-ring (bicyclic) bond motifs is 1. The van der Waals surface area contributed by atoms with Gasteiger partial charge in [-0.25, -0.2) is 18.5 Å². The van der Waals surface area contributed by atoms with Crippen LogP contribution in [0.5, 0.6) is 0 Å². The van der Waals surface area contributed by atoms with Crippen LogP contribution in [0.2, 0.25) is 0 Å². The van der Waals surface area contributed by atoms with Gasteiger partial charge < -0.3 is 5.11 Å². The molecule has 22 heavy (non-hydrogen) atoms. The molecule has 0 radical (unpaired) electrons. The molecule has 1 aliphatic heterocycles. The van der Waals surface area contributed by atoms with Crippen LogP contribution in [0.3, 0.4) is 0 Å². The van der Waals surface area contributed by atoms with Gasteiger partial charge in [-0.05, 0) is 18.2 Å². The lowest BCUT2D eigenvalue weighted by Gasteiger charge is -2.15. The first-order chi connectivity index (χ1) is 10.4. The molecule has 0 aliphatic carbocycles. The molecular weight excluding hydrogens is 296 g/mol. The fourth-order valence-corrected chi connectivity index (χ4v) is 2.28. The summed E-state index contributed by atoms with van der Waals surface area (Å²) in [5.41, 5.74) is -1.26. The minimum absolute atomic E-state index is 0.0769. The molecule has 0 aromatic heterocycles. The third kappa shape index (κ3) is 1.86. The molecule has 0 saturated carbocycles. The minimum Gasteiger partial charge on any atom is -0.478 e. The molecule has 0 atom stereocenters. The van der Waals surface area contributed by atoms with Gasteiger partial charge >= 0.3 is 5.97 Å². The smallest absolute Gasteiger partial charge is 0.338 e. The van der Waals surface area contributed by atoms with Crippen LogP contribution in [0.25, 0.3) is 0 Å². The van der Waals surface area contributed by atoms with Gasteiger partial charge in [0.1, 0.15) is 11.6 Å². The minimum atomic E-state index is -1.63. The maximum absolute atomic E-state index is 13.9. The second-order valence-corrected chi connectivity index (χ2v) is 4.58. The molecule has 5 nitrogen and oxygen atoms in total. The zero-order chi connectivity index (χ0) is 16.0. The first-order valence-corrected chi connectivity index (χ1v) is 6.12. The number of halogens is 2. The molecule has 0 spiro atoms. The molecule has 2 amide bonds. The second kappa shape index (κ2) is 4.73. The molecule has 1 N–H and O–H groups in total. The Morgan fingerprint density at radius 1 is 0.955 bits per heavy atom. The zero-order valence-corrected chi connectivity index (χ0v) is 10.8. The predicted octanol–water partition coefficient (Wildman–Crippen LogP) is 2.46. The zero-order valence-electron chi connectivity index (χ0n) is 10.8. The summed E-state index contributed by atoms with van der Waals surface area (Å²) in [7, 11) is 0. The fourth-order valence-electron chi connectivity index (χ4n) is 2.28. The first-order valence-electron chi connectivity index (χ1n) is 6.12. The summed E-state index contributed by atoms with van der Waals surface area (Å²) in [5, 5.41) is 8.88. The summed E-state index contributed by atoms with van der Waals surface area (Å²) < 4.78 is 27.4. The number of hydrogen-bond acceptors (Lipinski definition) is 3. The highest BCUT2D eigenvalue weighted by molar-refractivity contribution is 6.34. The van der Waals surface area contributed by atoms with Gasteiger partial charge in [-0.15, -0.1) is 0 Å². The van der Waals surface area contributed by atoms with E-state index in [0.29, 0.717) is 17.0 Å². The van der Waals surface area contributed by atoms with Gasteiger partial charge in [-0.2, -0.15) is 0 Å². The Kier molecular flexibility index (Phi) is 2.98. The van der Waals surface area contributed by atoms with Crippen LogP contribution < -0.4 is 4.90 Å². The van der Waals surface area contributed by atoms with E-state index in [0.717, 1.165) is 0 Å². The van der Waals surface area contributed by atoms with E-state index in [1.807, 2.05) is 0 Å². The topological polar surface area (TPSA) is 74.7 Å². The van der Waals surface area contributed by atoms with E-state index in [4.69, 9.17) is 5.11 Å². The van der Waals surface area contributed by atoms with Gasteiger partial charge in [-0.3, -0.25) is 9.59 Å². The van der Waals surface area contributed by atoms with Crippen LogP contribution in [0, 0.1) is 11.6 Å². The molecule has 0 fully saturated rings. The standard InChI is InChI=1S/C15H7F2NO4/c16-10-6-11(17)12(5-9(10)15(21)22)18-13(19)7-3-1-2-4-8(7)14(18)20/h1-6H,(H,21,22). The van der Waals surface area contributed by atoms with Crippen molar-refractivity contribution in [2.45, 2.75) is 0 Å². The molecule has 3 rings (SSSR count). The van der Waals surface area contributed by atoms with Crippen LogP contribution in [-0.2, 0) is 0 Å². The summed E-state index contributed by atoms with van der Waals surface area (Å²) in [4.78, 5) is 35.9. The van der Waals surface area contributed by atoms with E-state index < -0.39 is 40.7 Å². The molecule has 1 heterocycles. The number of anilines is 1. The maximum Gasteiger partial charge on any atom is 0.338 e. The number of carboxylic acids is 1. The van der Waals surface area contributed by atoms with Gasteiger partial charge in [0.2, 0.25) is 0 Å². The third-order valence-electron chi connectivity index (χ3n) is 3.30.